The van der Waals surface area contributed by atoms with E-state index in [1.165, 1.54) is 0 Å². The van der Waals surface area contributed by atoms with Gasteiger partial charge < -0.3 is 4.57 Å². The molecule has 6 heteroatoms. The molecule has 5 nitrogen and oxygen atoms in total. The highest BCUT2D eigenvalue weighted by atomic mass is 79.9. The molecule has 0 aliphatic heterocycles. The molecular formula is C15H11BrN4O. The van der Waals surface area contributed by atoms with Gasteiger partial charge >= 0.3 is 0 Å². The molecule has 0 aliphatic carbocycles. The third kappa shape index (κ3) is 2.48. The van der Waals surface area contributed by atoms with Crippen molar-refractivity contribution in [2.24, 2.45) is 7.05 Å². The zero-order valence-corrected chi connectivity index (χ0v) is 12.8. The number of aryl methyl sites for hydroxylation is 1. The highest BCUT2D eigenvalue weighted by Crippen LogP contribution is 2.19. The molecule has 0 N–H and O–H groups in total. The number of hydrogen-bond acceptors (Lipinski definition) is 3. The summed E-state index contributed by atoms with van der Waals surface area (Å²) in [4.78, 5) is 12.2. The van der Waals surface area contributed by atoms with Crippen LogP contribution in [0.2, 0.25) is 0 Å². The maximum Gasteiger partial charge on any atom is 0.207 e. The molecular weight excluding hydrogens is 332 g/mol. The largest absolute Gasteiger partial charge is 0.341 e. The summed E-state index contributed by atoms with van der Waals surface area (Å²) in [6, 6.07) is 7.47. The van der Waals surface area contributed by atoms with E-state index in [2.05, 4.69) is 21.0 Å². The smallest absolute Gasteiger partial charge is 0.207 e. The first kappa shape index (κ1) is 13.6. The highest BCUT2D eigenvalue weighted by Gasteiger charge is 2.10. The summed E-state index contributed by atoms with van der Waals surface area (Å²) in [5, 5.41) is 13.8. The molecule has 0 amide bonds. The average Bonchev–Trinajstić information content (AvgIpc) is 2.87. The van der Waals surface area contributed by atoms with Gasteiger partial charge in [-0.05, 0) is 18.2 Å². The Balaban J connectivity index is 2.24. The quantitative estimate of drug-likeness (QED) is 0.718. The van der Waals surface area contributed by atoms with Gasteiger partial charge in [0.2, 0.25) is 5.43 Å². The lowest BCUT2D eigenvalue weighted by atomic mass is 10.1. The molecule has 0 spiro atoms. The van der Waals surface area contributed by atoms with Crippen molar-refractivity contribution in [1.29, 1.82) is 5.26 Å². The molecule has 104 valence electrons. The summed E-state index contributed by atoms with van der Waals surface area (Å²) in [7, 11) is 1.85. The van der Waals surface area contributed by atoms with Crippen molar-refractivity contribution in [3.8, 4) is 6.07 Å². The number of benzene rings is 1. The van der Waals surface area contributed by atoms with Gasteiger partial charge in [-0.2, -0.15) is 10.4 Å². The van der Waals surface area contributed by atoms with E-state index >= 15 is 0 Å². The normalized spacial score (nSPS) is 10.7. The Kier molecular flexibility index (Phi) is 3.35. The monoisotopic (exact) mass is 342 g/mol. The summed E-state index contributed by atoms with van der Waals surface area (Å²) in [5.41, 5.74) is 1.71. The SMILES string of the molecule is Cn1cc(Cn2cc(C#N)c(=O)c3cc(Br)ccc32)cn1. The summed E-state index contributed by atoms with van der Waals surface area (Å²) in [6.45, 7) is 0.556. The van der Waals surface area contributed by atoms with E-state index < -0.39 is 0 Å². The van der Waals surface area contributed by atoms with Gasteiger partial charge in [0, 0.05) is 34.9 Å². The minimum atomic E-state index is -0.240. The first-order chi connectivity index (χ1) is 10.1. The number of nitriles is 1. The van der Waals surface area contributed by atoms with Gasteiger partial charge in [-0.3, -0.25) is 9.48 Å². The van der Waals surface area contributed by atoms with E-state index in [1.807, 2.05) is 36.0 Å². The molecule has 0 saturated heterocycles. The maximum atomic E-state index is 12.2. The molecule has 0 unspecified atom stereocenters. The Morgan fingerprint density at radius 2 is 2.19 bits per heavy atom. The van der Waals surface area contributed by atoms with Crippen LogP contribution in [0.15, 0.2) is 46.1 Å². The van der Waals surface area contributed by atoms with Crippen LogP contribution in [0, 0.1) is 11.3 Å². The van der Waals surface area contributed by atoms with Crippen LogP contribution in [0.25, 0.3) is 10.9 Å². The van der Waals surface area contributed by atoms with E-state index in [9.17, 15) is 4.79 Å². The van der Waals surface area contributed by atoms with E-state index in [0.29, 0.717) is 11.9 Å². The van der Waals surface area contributed by atoms with E-state index in [-0.39, 0.29) is 11.0 Å². The first-order valence-electron chi connectivity index (χ1n) is 6.29. The molecule has 21 heavy (non-hydrogen) atoms. The Morgan fingerprint density at radius 1 is 1.38 bits per heavy atom. The Morgan fingerprint density at radius 3 is 2.86 bits per heavy atom. The number of fused-ring (bicyclic) bond motifs is 1. The molecule has 0 saturated carbocycles. The van der Waals surface area contributed by atoms with E-state index in [0.717, 1.165) is 15.6 Å². The van der Waals surface area contributed by atoms with Gasteiger partial charge in [0.1, 0.15) is 11.6 Å². The molecule has 0 fully saturated rings. The van der Waals surface area contributed by atoms with Crippen molar-refractivity contribution in [3.63, 3.8) is 0 Å². The third-order valence-electron chi connectivity index (χ3n) is 3.27. The van der Waals surface area contributed by atoms with Crippen LogP contribution in [0.3, 0.4) is 0 Å². The lowest BCUT2D eigenvalue weighted by molar-refractivity contribution is 0.764. The zero-order chi connectivity index (χ0) is 15.0. The lowest BCUT2D eigenvalue weighted by Gasteiger charge is -2.10. The van der Waals surface area contributed by atoms with Gasteiger partial charge in [0.05, 0.1) is 18.3 Å². The summed E-state index contributed by atoms with van der Waals surface area (Å²) < 4.78 is 4.44. The van der Waals surface area contributed by atoms with Gasteiger partial charge in [-0.25, -0.2) is 0 Å². The summed E-state index contributed by atoms with van der Waals surface area (Å²) in [5.74, 6) is 0. The van der Waals surface area contributed by atoms with Crippen LogP contribution in [0.4, 0.5) is 0 Å². The molecule has 0 atom stereocenters. The highest BCUT2D eigenvalue weighted by molar-refractivity contribution is 9.10. The van der Waals surface area contributed by atoms with Crippen LogP contribution >= 0.6 is 15.9 Å². The molecule has 3 aromatic rings. The molecule has 2 aromatic heterocycles. The summed E-state index contributed by atoms with van der Waals surface area (Å²) >= 11 is 3.36. The Hall–Kier alpha value is -2.39. The van der Waals surface area contributed by atoms with Crippen molar-refractivity contribution in [2.75, 3.05) is 0 Å². The van der Waals surface area contributed by atoms with Crippen molar-refractivity contribution in [1.82, 2.24) is 14.3 Å². The van der Waals surface area contributed by atoms with Gasteiger partial charge in [0.15, 0.2) is 0 Å². The standard InChI is InChI=1S/C15H11BrN4O/c1-19-7-10(6-18-19)8-20-9-11(5-17)15(21)13-4-12(16)2-3-14(13)20/h2-4,6-7,9H,8H2,1H3. The number of pyridine rings is 1. The summed E-state index contributed by atoms with van der Waals surface area (Å²) in [6.07, 6.45) is 5.29. The second-order valence-corrected chi connectivity index (χ2v) is 5.71. The molecule has 3 rings (SSSR count). The zero-order valence-electron chi connectivity index (χ0n) is 11.2. The Bertz CT molecular complexity index is 933. The molecule has 1 aromatic carbocycles. The molecule has 0 aliphatic rings. The molecule has 0 bridgehead atoms. The van der Waals surface area contributed by atoms with Crippen LogP contribution < -0.4 is 5.43 Å². The van der Waals surface area contributed by atoms with Gasteiger partial charge in [-0.1, -0.05) is 15.9 Å². The van der Waals surface area contributed by atoms with Crippen molar-refractivity contribution < 1.29 is 0 Å². The van der Waals surface area contributed by atoms with Crippen LogP contribution in [0.1, 0.15) is 11.1 Å². The number of hydrogen-bond donors (Lipinski definition) is 0. The van der Waals surface area contributed by atoms with E-state index in [4.69, 9.17) is 5.26 Å². The lowest BCUT2D eigenvalue weighted by Crippen LogP contribution is -2.13. The van der Waals surface area contributed by atoms with Crippen LogP contribution in [-0.4, -0.2) is 14.3 Å². The van der Waals surface area contributed by atoms with Crippen molar-refractivity contribution in [3.05, 3.63) is 62.6 Å². The topological polar surface area (TPSA) is 63.6 Å². The second-order valence-electron chi connectivity index (χ2n) is 4.80. The maximum absolute atomic E-state index is 12.2. The Labute approximate surface area is 129 Å². The molecule has 0 radical (unpaired) electrons. The van der Waals surface area contributed by atoms with Gasteiger partial charge in [0.25, 0.3) is 0 Å². The number of nitrogens with zero attached hydrogens (tertiary/aromatic N) is 4. The fourth-order valence-corrected chi connectivity index (χ4v) is 2.69. The fraction of sp³-hybridized carbons (Fsp3) is 0.133. The number of aromatic nitrogens is 3. The van der Waals surface area contributed by atoms with E-state index in [1.54, 1.807) is 23.1 Å². The van der Waals surface area contributed by atoms with Crippen LogP contribution in [-0.2, 0) is 13.6 Å². The minimum Gasteiger partial charge on any atom is -0.341 e. The second kappa shape index (κ2) is 5.19. The van der Waals surface area contributed by atoms with Crippen LogP contribution in [0.5, 0.6) is 0 Å². The number of rotatable bonds is 2. The number of halogens is 1. The predicted octanol–water partition coefficient (Wildman–Crippen LogP) is 2.42. The minimum absolute atomic E-state index is 0.143. The third-order valence-corrected chi connectivity index (χ3v) is 3.77. The average molecular weight is 343 g/mol. The van der Waals surface area contributed by atoms with Crippen molar-refractivity contribution >= 4 is 26.8 Å². The van der Waals surface area contributed by atoms with Gasteiger partial charge in [-0.15, -0.1) is 0 Å². The van der Waals surface area contributed by atoms with Crippen molar-refractivity contribution in [2.45, 2.75) is 6.54 Å². The molecule has 2 heterocycles. The first-order valence-corrected chi connectivity index (χ1v) is 7.08. The predicted molar refractivity (Wildman–Crippen MR) is 82.9 cm³/mol. The fourth-order valence-electron chi connectivity index (χ4n) is 2.33.